The Balaban J connectivity index is 1.92. The molecule has 3 N–H and O–H groups in total. The molecule has 1 saturated carbocycles. The lowest BCUT2D eigenvalue weighted by Crippen LogP contribution is -2.39. The maximum atomic E-state index is 11.9. The fourth-order valence-corrected chi connectivity index (χ4v) is 3.06. The van der Waals surface area contributed by atoms with Gasteiger partial charge in [-0.1, -0.05) is 49.1 Å². The van der Waals surface area contributed by atoms with Crippen LogP contribution in [0.25, 0.3) is 0 Å². The van der Waals surface area contributed by atoms with Crippen LogP contribution in [0.1, 0.15) is 37.7 Å². The van der Waals surface area contributed by atoms with Crippen LogP contribution in [-0.4, -0.2) is 23.5 Å². The number of nitrogens with two attached hydrogens (primary N) is 1. The molecule has 0 saturated heterocycles. The van der Waals surface area contributed by atoms with Crippen LogP contribution >= 0.6 is 23.8 Å². The minimum Gasteiger partial charge on any atom is -0.483 e. The molecule has 1 fully saturated rings. The number of amides is 1. The fraction of sp³-hybridized carbons (Fsp3) is 0.467. The average molecular weight is 327 g/mol. The third-order valence-corrected chi connectivity index (χ3v) is 4.07. The van der Waals surface area contributed by atoms with Gasteiger partial charge in [0.15, 0.2) is 6.61 Å². The van der Waals surface area contributed by atoms with Crippen LogP contribution in [0.15, 0.2) is 18.2 Å². The first-order chi connectivity index (χ1) is 10.1. The van der Waals surface area contributed by atoms with E-state index < -0.39 is 0 Å². The quantitative estimate of drug-likeness (QED) is 0.817. The second-order valence-corrected chi connectivity index (χ2v) is 6.02. The lowest BCUT2D eigenvalue weighted by Gasteiger charge is -2.22. The summed E-state index contributed by atoms with van der Waals surface area (Å²) in [6, 6.07) is 5.39. The third kappa shape index (κ3) is 4.58. The zero-order chi connectivity index (χ0) is 15.2. The Morgan fingerprint density at radius 2 is 2.10 bits per heavy atom. The Labute approximate surface area is 135 Å². The summed E-state index contributed by atoms with van der Waals surface area (Å²) in [5.74, 6) is 0.310. The van der Waals surface area contributed by atoms with Crippen molar-refractivity contribution in [3.8, 4) is 5.75 Å². The Morgan fingerprint density at radius 3 is 2.76 bits per heavy atom. The molecule has 1 aliphatic carbocycles. The van der Waals surface area contributed by atoms with E-state index in [-0.39, 0.29) is 23.5 Å². The van der Waals surface area contributed by atoms with Crippen LogP contribution in [0, 0.1) is 0 Å². The van der Waals surface area contributed by atoms with Crippen LogP contribution in [-0.2, 0) is 4.79 Å². The summed E-state index contributed by atoms with van der Waals surface area (Å²) in [4.78, 5) is 12.1. The number of hydrogen-bond donors (Lipinski definition) is 2. The topological polar surface area (TPSA) is 64.3 Å². The number of carbonyl (C=O) groups is 1. The number of carbonyl (C=O) groups excluding carboxylic acids is 1. The van der Waals surface area contributed by atoms with E-state index >= 15 is 0 Å². The molecule has 0 radical (unpaired) electrons. The van der Waals surface area contributed by atoms with E-state index in [1.807, 2.05) is 0 Å². The van der Waals surface area contributed by atoms with Crippen molar-refractivity contribution in [2.45, 2.75) is 38.1 Å². The van der Waals surface area contributed by atoms with Crippen molar-refractivity contribution >= 4 is 34.7 Å². The van der Waals surface area contributed by atoms with Gasteiger partial charge in [0, 0.05) is 6.04 Å². The van der Waals surface area contributed by atoms with Gasteiger partial charge in [-0.15, -0.1) is 0 Å². The molecule has 4 nitrogen and oxygen atoms in total. The number of thiocarbonyl (C=S) groups is 1. The first kappa shape index (κ1) is 16.0. The number of nitrogens with one attached hydrogen (secondary N) is 1. The first-order valence-electron chi connectivity index (χ1n) is 7.08. The van der Waals surface area contributed by atoms with Gasteiger partial charge in [0.25, 0.3) is 5.91 Å². The molecule has 1 aliphatic rings. The highest BCUT2D eigenvalue weighted by Gasteiger charge is 2.17. The lowest BCUT2D eigenvalue weighted by molar-refractivity contribution is -0.124. The molecule has 0 bridgehead atoms. The summed E-state index contributed by atoms with van der Waals surface area (Å²) in [6.07, 6.45) is 5.68. The molecule has 1 amide bonds. The van der Waals surface area contributed by atoms with Crippen molar-refractivity contribution in [3.05, 3.63) is 28.8 Å². The largest absolute Gasteiger partial charge is 0.483 e. The molecule has 0 spiro atoms. The second kappa shape index (κ2) is 7.61. The summed E-state index contributed by atoms with van der Waals surface area (Å²) in [6.45, 7) is -0.0630. The number of benzene rings is 1. The average Bonchev–Trinajstić information content (AvgIpc) is 2.45. The Kier molecular flexibility index (Phi) is 5.82. The molecule has 1 aromatic rings. The molecule has 0 unspecified atom stereocenters. The lowest BCUT2D eigenvalue weighted by atomic mass is 9.95. The van der Waals surface area contributed by atoms with Crippen LogP contribution in [0.3, 0.4) is 0 Å². The van der Waals surface area contributed by atoms with E-state index in [1.54, 1.807) is 18.2 Å². The Hall–Kier alpha value is -1.33. The molecule has 0 heterocycles. The molecule has 6 heteroatoms. The van der Waals surface area contributed by atoms with Crippen LogP contribution in [0.5, 0.6) is 5.75 Å². The number of hydrogen-bond acceptors (Lipinski definition) is 3. The number of ether oxygens (including phenoxy) is 1. The third-order valence-electron chi connectivity index (χ3n) is 3.55. The van der Waals surface area contributed by atoms with E-state index in [2.05, 4.69) is 5.32 Å². The molecule has 114 valence electrons. The SMILES string of the molecule is NC(=S)c1c(Cl)cccc1OCC(=O)NC1CCCCC1. The molecule has 2 rings (SSSR count). The van der Waals surface area contributed by atoms with Gasteiger partial charge in [0.1, 0.15) is 10.7 Å². The van der Waals surface area contributed by atoms with Crippen molar-refractivity contribution < 1.29 is 9.53 Å². The van der Waals surface area contributed by atoms with Crippen LogP contribution in [0.4, 0.5) is 0 Å². The van der Waals surface area contributed by atoms with Gasteiger partial charge in [-0.2, -0.15) is 0 Å². The molecule has 0 atom stereocenters. The van der Waals surface area contributed by atoms with Crippen molar-refractivity contribution in [2.24, 2.45) is 5.73 Å². The normalized spacial score (nSPS) is 15.5. The number of halogens is 1. The van der Waals surface area contributed by atoms with E-state index in [4.69, 9.17) is 34.3 Å². The minimum atomic E-state index is -0.129. The van der Waals surface area contributed by atoms with Gasteiger partial charge in [-0.05, 0) is 25.0 Å². The van der Waals surface area contributed by atoms with Crippen molar-refractivity contribution in [1.82, 2.24) is 5.32 Å². The van der Waals surface area contributed by atoms with E-state index in [0.29, 0.717) is 16.3 Å². The molecule has 1 aromatic carbocycles. The summed E-state index contributed by atoms with van der Waals surface area (Å²) < 4.78 is 5.52. The summed E-state index contributed by atoms with van der Waals surface area (Å²) in [5.41, 5.74) is 6.11. The first-order valence-corrected chi connectivity index (χ1v) is 7.87. The van der Waals surface area contributed by atoms with Gasteiger partial charge in [-0.3, -0.25) is 4.79 Å². The van der Waals surface area contributed by atoms with Crippen molar-refractivity contribution in [2.75, 3.05) is 6.61 Å². The zero-order valence-electron chi connectivity index (χ0n) is 11.7. The van der Waals surface area contributed by atoms with E-state index in [9.17, 15) is 4.79 Å². The summed E-state index contributed by atoms with van der Waals surface area (Å²) >= 11 is 11.0. The van der Waals surface area contributed by atoms with E-state index in [1.165, 1.54) is 19.3 Å². The van der Waals surface area contributed by atoms with Gasteiger partial charge >= 0.3 is 0 Å². The number of rotatable bonds is 5. The van der Waals surface area contributed by atoms with Gasteiger partial charge in [-0.25, -0.2) is 0 Å². The van der Waals surface area contributed by atoms with Gasteiger partial charge < -0.3 is 15.8 Å². The van der Waals surface area contributed by atoms with Gasteiger partial charge in [0.05, 0.1) is 10.6 Å². The maximum Gasteiger partial charge on any atom is 0.258 e. The summed E-state index contributed by atoms with van der Waals surface area (Å²) in [5, 5.41) is 3.42. The molecule has 0 aliphatic heterocycles. The fourth-order valence-electron chi connectivity index (χ4n) is 2.52. The monoisotopic (exact) mass is 326 g/mol. The second-order valence-electron chi connectivity index (χ2n) is 5.17. The van der Waals surface area contributed by atoms with Crippen LogP contribution < -0.4 is 15.8 Å². The molecular weight excluding hydrogens is 308 g/mol. The van der Waals surface area contributed by atoms with Crippen molar-refractivity contribution in [3.63, 3.8) is 0 Å². The highest BCUT2D eigenvalue weighted by Crippen LogP contribution is 2.26. The Bertz CT molecular complexity index is 530. The summed E-state index contributed by atoms with van der Waals surface area (Å²) in [7, 11) is 0. The van der Waals surface area contributed by atoms with E-state index in [0.717, 1.165) is 12.8 Å². The molecule has 21 heavy (non-hydrogen) atoms. The predicted molar refractivity (Wildman–Crippen MR) is 87.9 cm³/mol. The maximum absolute atomic E-state index is 11.9. The van der Waals surface area contributed by atoms with Crippen LogP contribution in [0.2, 0.25) is 5.02 Å². The standard InChI is InChI=1S/C15H19ClN2O2S/c16-11-7-4-8-12(14(11)15(17)21)20-9-13(19)18-10-5-2-1-3-6-10/h4,7-8,10H,1-3,5-6,9H2,(H2,17,21)(H,18,19). The Morgan fingerprint density at radius 1 is 1.38 bits per heavy atom. The van der Waals surface area contributed by atoms with Gasteiger partial charge in [0.2, 0.25) is 0 Å². The minimum absolute atomic E-state index is 0.0630. The highest BCUT2D eigenvalue weighted by molar-refractivity contribution is 7.80. The zero-order valence-corrected chi connectivity index (χ0v) is 13.3. The molecular formula is C15H19ClN2O2S. The highest BCUT2D eigenvalue weighted by atomic mass is 35.5. The predicted octanol–water partition coefficient (Wildman–Crippen LogP) is 2.80. The molecule has 0 aromatic heterocycles. The van der Waals surface area contributed by atoms with Crippen molar-refractivity contribution in [1.29, 1.82) is 0 Å². The smallest absolute Gasteiger partial charge is 0.258 e.